The number of anilines is 1. The molecule has 1 heterocycles. The molecular weight excluding hydrogens is 312 g/mol. The maximum absolute atomic E-state index is 11.6. The van der Waals surface area contributed by atoms with Gasteiger partial charge in [0.05, 0.1) is 23.0 Å². The van der Waals surface area contributed by atoms with E-state index in [2.05, 4.69) is 9.97 Å². The summed E-state index contributed by atoms with van der Waals surface area (Å²) in [6, 6.07) is 12.2. The Morgan fingerprint density at radius 3 is 2.43 bits per heavy atom. The average Bonchev–Trinajstić information content (AvgIpc) is 2.56. The van der Waals surface area contributed by atoms with Crippen molar-refractivity contribution in [2.45, 2.75) is 4.90 Å². The van der Waals surface area contributed by atoms with Crippen LogP contribution < -0.4 is 10.9 Å². The number of phenols is 1. The zero-order valence-electron chi connectivity index (χ0n) is 12.0. The number of nitrogen functional groups attached to an aromatic ring is 1. The van der Waals surface area contributed by atoms with Gasteiger partial charge in [0, 0.05) is 5.56 Å². The van der Waals surface area contributed by atoms with Gasteiger partial charge in [0.1, 0.15) is 22.6 Å². The minimum Gasteiger partial charge on any atom is -0.507 e. The largest absolute Gasteiger partial charge is 0.507 e. The number of phenolic OH excluding ortho intramolecular Hbond substituents is 1. The molecule has 7 heteroatoms. The van der Waals surface area contributed by atoms with E-state index in [4.69, 9.17) is 10.9 Å². The number of benzene rings is 2. The zero-order chi connectivity index (χ0) is 16.4. The van der Waals surface area contributed by atoms with Gasteiger partial charge in [-0.3, -0.25) is 4.98 Å². The molecule has 0 spiro atoms. The van der Waals surface area contributed by atoms with Crippen molar-refractivity contribution in [3.63, 3.8) is 0 Å². The SMILES string of the molecule is Nc1cnc(-c2ccc(-c3ccccc3S(N)=O)cc2O)cn1. The first kappa shape index (κ1) is 15.1. The number of rotatable bonds is 3. The van der Waals surface area contributed by atoms with Crippen LogP contribution in [0.25, 0.3) is 22.4 Å². The van der Waals surface area contributed by atoms with E-state index in [-0.39, 0.29) is 5.75 Å². The van der Waals surface area contributed by atoms with Gasteiger partial charge in [-0.1, -0.05) is 24.3 Å². The lowest BCUT2D eigenvalue weighted by molar-refractivity contribution is 0.477. The fourth-order valence-corrected chi connectivity index (χ4v) is 2.89. The molecule has 6 nitrogen and oxygen atoms in total. The molecule has 2 aromatic carbocycles. The molecule has 1 unspecified atom stereocenters. The smallest absolute Gasteiger partial charge is 0.141 e. The van der Waals surface area contributed by atoms with Crippen LogP contribution in [0.3, 0.4) is 0 Å². The molecule has 0 radical (unpaired) electrons. The molecule has 0 aliphatic carbocycles. The van der Waals surface area contributed by atoms with Crippen LogP contribution in [0, 0.1) is 0 Å². The highest BCUT2D eigenvalue weighted by atomic mass is 32.2. The molecule has 0 amide bonds. The van der Waals surface area contributed by atoms with Crippen molar-refractivity contribution in [3.05, 3.63) is 54.9 Å². The van der Waals surface area contributed by atoms with Crippen LogP contribution in [0.5, 0.6) is 5.75 Å². The fraction of sp³-hybridized carbons (Fsp3) is 0. The molecular formula is C16H14N4O2S. The normalized spacial score (nSPS) is 12.0. The first-order valence-corrected chi connectivity index (χ1v) is 7.94. The van der Waals surface area contributed by atoms with Crippen molar-refractivity contribution >= 4 is 16.8 Å². The van der Waals surface area contributed by atoms with E-state index in [1.165, 1.54) is 12.4 Å². The molecule has 1 aromatic heterocycles. The Labute approximate surface area is 135 Å². The lowest BCUT2D eigenvalue weighted by Gasteiger charge is -2.10. The van der Waals surface area contributed by atoms with Gasteiger partial charge in [0.15, 0.2) is 0 Å². The summed E-state index contributed by atoms with van der Waals surface area (Å²) in [6.07, 6.45) is 2.92. The molecule has 0 fully saturated rings. The summed E-state index contributed by atoms with van der Waals surface area (Å²) in [5.74, 6) is 0.350. The third-order valence-electron chi connectivity index (χ3n) is 3.36. The summed E-state index contributed by atoms with van der Waals surface area (Å²) in [7, 11) is -1.61. The number of aromatic hydroxyl groups is 1. The molecule has 0 aliphatic heterocycles. The molecule has 0 saturated carbocycles. The van der Waals surface area contributed by atoms with Crippen molar-refractivity contribution in [2.75, 3.05) is 5.73 Å². The van der Waals surface area contributed by atoms with Crippen LogP contribution in [0.15, 0.2) is 59.8 Å². The molecule has 0 aliphatic rings. The summed E-state index contributed by atoms with van der Waals surface area (Å²) in [5.41, 5.74) is 7.98. The third-order valence-corrected chi connectivity index (χ3v) is 4.15. The van der Waals surface area contributed by atoms with Gasteiger partial charge in [0.25, 0.3) is 0 Å². The second-order valence-corrected chi connectivity index (χ2v) is 5.89. The Morgan fingerprint density at radius 1 is 1.00 bits per heavy atom. The number of hydrogen-bond acceptors (Lipinski definition) is 5. The summed E-state index contributed by atoms with van der Waals surface area (Å²) in [5, 5.41) is 15.8. The summed E-state index contributed by atoms with van der Waals surface area (Å²) in [6.45, 7) is 0. The summed E-state index contributed by atoms with van der Waals surface area (Å²) >= 11 is 0. The van der Waals surface area contributed by atoms with Crippen LogP contribution in [0.2, 0.25) is 0 Å². The van der Waals surface area contributed by atoms with Gasteiger partial charge in [0.2, 0.25) is 0 Å². The monoisotopic (exact) mass is 326 g/mol. The molecule has 1 atom stereocenters. The van der Waals surface area contributed by atoms with E-state index in [0.717, 1.165) is 0 Å². The van der Waals surface area contributed by atoms with Crippen molar-refractivity contribution in [3.8, 4) is 28.1 Å². The van der Waals surface area contributed by atoms with Crippen molar-refractivity contribution in [2.24, 2.45) is 5.14 Å². The van der Waals surface area contributed by atoms with Crippen LogP contribution in [0.1, 0.15) is 0 Å². The second kappa shape index (κ2) is 6.15. The first-order valence-electron chi connectivity index (χ1n) is 6.73. The van der Waals surface area contributed by atoms with Gasteiger partial charge in [-0.2, -0.15) is 0 Å². The lowest BCUT2D eigenvalue weighted by atomic mass is 10.0. The highest BCUT2D eigenvalue weighted by Gasteiger charge is 2.12. The van der Waals surface area contributed by atoms with Gasteiger partial charge in [-0.15, -0.1) is 0 Å². The lowest BCUT2D eigenvalue weighted by Crippen LogP contribution is -2.04. The number of hydrogen-bond donors (Lipinski definition) is 3. The van der Waals surface area contributed by atoms with E-state index in [1.54, 1.807) is 36.4 Å². The van der Waals surface area contributed by atoms with Gasteiger partial charge in [-0.25, -0.2) is 14.3 Å². The quantitative estimate of drug-likeness (QED) is 0.681. The second-order valence-electron chi connectivity index (χ2n) is 4.85. The predicted molar refractivity (Wildman–Crippen MR) is 89.6 cm³/mol. The first-order chi connectivity index (χ1) is 11.1. The fourth-order valence-electron chi connectivity index (χ4n) is 2.27. The zero-order valence-corrected chi connectivity index (χ0v) is 12.8. The van der Waals surface area contributed by atoms with E-state index in [9.17, 15) is 9.32 Å². The summed E-state index contributed by atoms with van der Waals surface area (Å²) in [4.78, 5) is 8.61. The number of nitrogens with two attached hydrogens (primary N) is 2. The Kier molecular flexibility index (Phi) is 4.05. The van der Waals surface area contributed by atoms with Gasteiger partial charge in [-0.05, 0) is 29.3 Å². The highest BCUT2D eigenvalue weighted by Crippen LogP contribution is 2.34. The van der Waals surface area contributed by atoms with Crippen LogP contribution in [-0.4, -0.2) is 19.3 Å². The van der Waals surface area contributed by atoms with E-state index in [0.29, 0.717) is 33.1 Å². The Hall–Kier alpha value is -2.77. The molecule has 3 aromatic rings. The van der Waals surface area contributed by atoms with E-state index < -0.39 is 11.0 Å². The predicted octanol–water partition coefficient (Wildman–Crippen LogP) is 2.08. The van der Waals surface area contributed by atoms with Crippen LogP contribution in [-0.2, 0) is 11.0 Å². The molecule has 23 heavy (non-hydrogen) atoms. The third kappa shape index (κ3) is 3.05. The van der Waals surface area contributed by atoms with Crippen LogP contribution >= 0.6 is 0 Å². The molecule has 5 N–H and O–H groups in total. The Balaban J connectivity index is 2.07. The van der Waals surface area contributed by atoms with E-state index in [1.807, 2.05) is 6.07 Å². The highest BCUT2D eigenvalue weighted by molar-refractivity contribution is 7.82. The number of aromatic nitrogens is 2. The Morgan fingerprint density at radius 2 is 1.78 bits per heavy atom. The number of nitrogens with zero attached hydrogens (tertiary/aromatic N) is 2. The maximum Gasteiger partial charge on any atom is 0.141 e. The molecule has 0 saturated heterocycles. The minimum absolute atomic E-state index is 0.0409. The molecule has 3 rings (SSSR count). The Bertz CT molecular complexity index is 882. The van der Waals surface area contributed by atoms with Crippen molar-refractivity contribution < 1.29 is 9.32 Å². The maximum atomic E-state index is 11.6. The molecule has 0 bridgehead atoms. The van der Waals surface area contributed by atoms with E-state index >= 15 is 0 Å². The average molecular weight is 326 g/mol. The van der Waals surface area contributed by atoms with Crippen molar-refractivity contribution in [1.82, 2.24) is 9.97 Å². The van der Waals surface area contributed by atoms with Gasteiger partial charge >= 0.3 is 0 Å². The van der Waals surface area contributed by atoms with Crippen LogP contribution in [0.4, 0.5) is 5.82 Å². The molecule has 116 valence electrons. The standard InChI is InChI=1S/C16H14N4O2S/c17-16-9-19-13(8-20-16)12-6-5-10(7-14(12)21)11-3-1-2-4-15(11)23(18)22/h1-9,21H,18H2,(H2,17,20). The summed E-state index contributed by atoms with van der Waals surface area (Å²) < 4.78 is 11.6. The van der Waals surface area contributed by atoms with Gasteiger partial charge < -0.3 is 10.8 Å². The topological polar surface area (TPSA) is 115 Å². The van der Waals surface area contributed by atoms with Crippen molar-refractivity contribution in [1.29, 1.82) is 0 Å². The minimum atomic E-state index is -1.61.